The quantitative estimate of drug-likeness (QED) is 0.329. The highest BCUT2D eigenvalue weighted by Gasteiger charge is 2.44. The summed E-state index contributed by atoms with van der Waals surface area (Å²) in [5, 5.41) is 7.61. The first-order valence-corrected chi connectivity index (χ1v) is 15.1. The summed E-state index contributed by atoms with van der Waals surface area (Å²) in [6.45, 7) is 3.03. The summed E-state index contributed by atoms with van der Waals surface area (Å²) in [6, 6.07) is 21.0. The van der Waals surface area contributed by atoms with Crippen molar-refractivity contribution in [1.29, 1.82) is 0 Å². The SMILES string of the molecule is COc1cccc(OC)c1C(=O)N1CCC(CCNC(=O)C2(c3ccccc3)CCNCC2)(c2ccc(Cl)c(Cl)c2)C1. The Hall–Kier alpha value is -3.26. The molecular formula is C33H37Cl2N3O4. The molecule has 5 rings (SSSR count). The Morgan fingerprint density at radius 3 is 2.21 bits per heavy atom. The van der Waals surface area contributed by atoms with E-state index in [-0.39, 0.29) is 11.8 Å². The Balaban J connectivity index is 1.39. The van der Waals surface area contributed by atoms with Crippen LogP contribution in [0.5, 0.6) is 11.5 Å². The van der Waals surface area contributed by atoms with Crippen LogP contribution in [0.25, 0.3) is 0 Å². The fourth-order valence-electron chi connectivity index (χ4n) is 6.52. The van der Waals surface area contributed by atoms with Crippen LogP contribution in [0, 0.1) is 0 Å². The van der Waals surface area contributed by atoms with Gasteiger partial charge in [-0.1, -0.05) is 65.7 Å². The maximum atomic E-state index is 13.9. The number of nitrogens with one attached hydrogen (secondary N) is 2. The Morgan fingerprint density at radius 2 is 1.57 bits per heavy atom. The zero-order valence-corrected chi connectivity index (χ0v) is 25.6. The molecule has 2 aliphatic heterocycles. The number of likely N-dealkylation sites (tertiary alicyclic amines) is 1. The number of methoxy groups -OCH3 is 2. The number of benzene rings is 3. The lowest BCUT2D eigenvalue weighted by Gasteiger charge is -2.37. The lowest BCUT2D eigenvalue weighted by atomic mass is 9.72. The fourth-order valence-corrected chi connectivity index (χ4v) is 6.82. The zero-order chi connectivity index (χ0) is 29.7. The Labute approximate surface area is 257 Å². The second-order valence-electron chi connectivity index (χ2n) is 11.1. The second-order valence-corrected chi connectivity index (χ2v) is 11.9. The number of halogens is 2. The summed E-state index contributed by atoms with van der Waals surface area (Å²) < 4.78 is 11.0. The molecule has 2 saturated heterocycles. The van der Waals surface area contributed by atoms with E-state index in [1.165, 1.54) is 0 Å². The lowest BCUT2D eigenvalue weighted by molar-refractivity contribution is -0.127. The summed E-state index contributed by atoms with van der Waals surface area (Å²) in [6.07, 6.45) is 2.82. The van der Waals surface area contributed by atoms with E-state index in [1.807, 2.05) is 35.2 Å². The molecule has 1 atom stereocenters. The van der Waals surface area contributed by atoms with Crippen molar-refractivity contribution < 1.29 is 19.1 Å². The molecule has 7 nitrogen and oxygen atoms in total. The van der Waals surface area contributed by atoms with E-state index in [1.54, 1.807) is 38.5 Å². The van der Waals surface area contributed by atoms with Crippen LogP contribution in [0.4, 0.5) is 0 Å². The van der Waals surface area contributed by atoms with Gasteiger partial charge in [0, 0.05) is 25.0 Å². The number of rotatable bonds is 9. The molecule has 2 fully saturated rings. The third-order valence-corrected chi connectivity index (χ3v) is 9.66. The van der Waals surface area contributed by atoms with E-state index in [9.17, 15) is 9.59 Å². The van der Waals surface area contributed by atoms with Crippen LogP contribution >= 0.6 is 23.2 Å². The number of ether oxygens (including phenoxy) is 2. The maximum absolute atomic E-state index is 13.9. The summed E-state index contributed by atoms with van der Waals surface area (Å²) in [5.74, 6) is 0.816. The molecule has 0 radical (unpaired) electrons. The molecule has 2 N–H and O–H groups in total. The first-order chi connectivity index (χ1) is 20.3. The van der Waals surface area contributed by atoms with E-state index in [0.29, 0.717) is 59.6 Å². The van der Waals surface area contributed by atoms with Gasteiger partial charge >= 0.3 is 0 Å². The summed E-state index contributed by atoms with van der Waals surface area (Å²) in [5.41, 5.74) is 1.44. The molecule has 9 heteroatoms. The van der Waals surface area contributed by atoms with Crippen molar-refractivity contribution in [3.8, 4) is 11.5 Å². The van der Waals surface area contributed by atoms with Crippen LogP contribution in [0.1, 0.15) is 47.2 Å². The number of amides is 2. The minimum absolute atomic E-state index is 0.0455. The number of carbonyl (C=O) groups is 2. The van der Waals surface area contributed by atoms with E-state index >= 15 is 0 Å². The largest absolute Gasteiger partial charge is 0.496 e. The fraction of sp³-hybridized carbons (Fsp3) is 0.394. The van der Waals surface area contributed by atoms with E-state index in [2.05, 4.69) is 22.8 Å². The molecule has 0 bridgehead atoms. The number of hydrogen-bond donors (Lipinski definition) is 2. The monoisotopic (exact) mass is 609 g/mol. The molecule has 2 aliphatic rings. The topological polar surface area (TPSA) is 79.9 Å². The lowest BCUT2D eigenvalue weighted by Crippen LogP contribution is -2.51. The van der Waals surface area contributed by atoms with Gasteiger partial charge in [-0.2, -0.15) is 0 Å². The van der Waals surface area contributed by atoms with Crippen molar-refractivity contribution in [1.82, 2.24) is 15.5 Å². The summed E-state index contributed by atoms with van der Waals surface area (Å²) in [4.78, 5) is 29.6. The highest BCUT2D eigenvalue weighted by Crippen LogP contribution is 2.42. The molecule has 0 aliphatic carbocycles. The number of nitrogens with zero attached hydrogens (tertiary/aromatic N) is 1. The molecular weight excluding hydrogens is 573 g/mol. The first-order valence-electron chi connectivity index (χ1n) is 14.3. The van der Waals surface area contributed by atoms with Crippen molar-refractivity contribution in [2.45, 2.75) is 36.5 Å². The van der Waals surface area contributed by atoms with Crippen LogP contribution < -0.4 is 20.1 Å². The van der Waals surface area contributed by atoms with Crippen LogP contribution in [0.3, 0.4) is 0 Å². The van der Waals surface area contributed by atoms with Crippen molar-refractivity contribution in [2.75, 3.05) is 46.9 Å². The van der Waals surface area contributed by atoms with Gasteiger partial charge in [-0.05, 0) is 74.2 Å². The van der Waals surface area contributed by atoms with Crippen LogP contribution in [0.15, 0.2) is 66.7 Å². The smallest absolute Gasteiger partial charge is 0.261 e. The van der Waals surface area contributed by atoms with E-state index < -0.39 is 10.8 Å². The third-order valence-electron chi connectivity index (χ3n) is 8.92. The zero-order valence-electron chi connectivity index (χ0n) is 24.1. The average molecular weight is 611 g/mol. The van der Waals surface area contributed by atoms with Gasteiger partial charge in [-0.25, -0.2) is 0 Å². The molecule has 2 amide bonds. The molecule has 222 valence electrons. The molecule has 3 aromatic carbocycles. The van der Waals surface area contributed by atoms with E-state index in [0.717, 1.165) is 37.1 Å². The summed E-state index contributed by atoms with van der Waals surface area (Å²) in [7, 11) is 3.09. The summed E-state index contributed by atoms with van der Waals surface area (Å²) >= 11 is 12.8. The molecule has 2 heterocycles. The van der Waals surface area contributed by atoms with Crippen molar-refractivity contribution >= 4 is 35.0 Å². The molecule has 0 spiro atoms. The normalized spacial score (nSPS) is 19.8. The van der Waals surface area contributed by atoms with Gasteiger partial charge in [0.2, 0.25) is 5.91 Å². The minimum Gasteiger partial charge on any atom is -0.496 e. The third kappa shape index (κ3) is 5.83. The molecule has 42 heavy (non-hydrogen) atoms. The van der Waals surface area contributed by atoms with Gasteiger partial charge < -0.3 is 25.0 Å². The molecule has 0 saturated carbocycles. The van der Waals surface area contributed by atoms with Crippen LogP contribution in [0.2, 0.25) is 10.0 Å². The average Bonchev–Trinajstić information content (AvgIpc) is 3.47. The van der Waals surface area contributed by atoms with Crippen molar-refractivity contribution in [3.05, 3.63) is 93.5 Å². The predicted octanol–water partition coefficient (Wildman–Crippen LogP) is 5.62. The molecule has 1 unspecified atom stereocenters. The second kappa shape index (κ2) is 12.9. The van der Waals surface area contributed by atoms with Gasteiger partial charge in [-0.3, -0.25) is 9.59 Å². The molecule has 0 aromatic heterocycles. The van der Waals surface area contributed by atoms with Gasteiger partial charge in [0.25, 0.3) is 5.91 Å². The van der Waals surface area contributed by atoms with Gasteiger partial charge in [0.1, 0.15) is 17.1 Å². The minimum atomic E-state index is -0.568. The van der Waals surface area contributed by atoms with Crippen LogP contribution in [-0.2, 0) is 15.6 Å². The Bertz CT molecular complexity index is 1410. The Morgan fingerprint density at radius 1 is 0.881 bits per heavy atom. The highest BCUT2D eigenvalue weighted by molar-refractivity contribution is 6.42. The van der Waals surface area contributed by atoms with Gasteiger partial charge in [0.15, 0.2) is 0 Å². The molecule has 3 aromatic rings. The Kier molecular flexibility index (Phi) is 9.31. The first kappa shape index (κ1) is 30.2. The van der Waals surface area contributed by atoms with E-state index in [4.69, 9.17) is 32.7 Å². The van der Waals surface area contributed by atoms with Crippen molar-refractivity contribution in [2.24, 2.45) is 0 Å². The van der Waals surface area contributed by atoms with Crippen LogP contribution in [-0.4, -0.2) is 63.7 Å². The van der Waals surface area contributed by atoms with Gasteiger partial charge in [0.05, 0.1) is 29.7 Å². The van der Waals surface area contributed by atoms with Gasteiger partial charge in [-0.15, -0.1) is 0 Å². The number of carbonyl (C=O) groups excluding carboxylic acids is 2. The predicted molar refractivity (Wildman–Crippen MR) is 166 cm³/mol. The van der Waals surface area contributed by atoms with Crippen molar-refractivity contribution in [3.63, 3.8) is 0 Å². The standard InChI is InChI=1S/C33H37Cl2N3O4/c1-41-27-9-6-10-28(42-2)29(27)30(39)38-20-16-32(22-38,24-11-12-25(34)26(35)21-24)13-19-37-31(40)33(14-17-36-18-15-33)23-7-4-3-5-8-23/h3-12,21,36H,13-20,22H2,1-2H3,(H,37,40). The number of hydrogen-bond acceptors (Lipinski definition) is 5. The number of piperidine rings is 1. The maximum Gasteiger partial charge on any atom is 0.261 e. The highest BCUT2D eigenvalue weighted by atomic mass is 35.5.